The van der Waals surface area contributed by atoms with E-state index in [0.29, 0.717) is 0 Å². The summed E-state index contributed by atoms with van der Waals surface area (Å²) in [6, 6.07) is 0. The third-order valence-electron chi connectivity index (χ3n) is 1.96. The molecule has 1 aromatic rings. The van der Waals surface area contributed by atoms with E-state index >= 15 is 0 Å². The molecule has 0 spiro atoms. The van der Waals surface area contributed by atoms with Crippen LogP contribution in [-0.2, 0) is 10.1 Å². The Labute approximate surface area is 171 Å². The van der Waals surface area contributed by atoms with Crippen molar-refractivity contribution in [1.82, 2.24) is 0 Å². The van der Waals surface area contributed by atoms with Crippen molar-refractivity contribution in [2.45, 2.75) is 4.90 Å². The van der Waals surface area contributed by atoms with Crippen LogP contribution in [0, 0.1) is 0 Å². The Hall–Kier alpha value is 0.576. The van der Waals surface area contributed by atoms with Crippen LogP contribution in [0.4, 0.5) is 0 Å². The van der Waals surface area contributed by atoms with E-state index in [1.807, 2.05) is 0 Å². The van der Waals surface area contributed by atoms with E-state index in [4.69, 9.17) is 49.6 Å². The van der Waals surface area contributed by atoms with E-state index in [2.05, 4.69) is 0 Å². The van der Waals surface area contributed by atoms with Gasteiger partial charge in [-0.2, -0.15) is 8.42 Å². The SMILES string of the molecule is O=C(O)c1c(Cl)c(C(=O)O)c(Cl)c(S(=O)(=O)O)c1Cl.[H-].[K+]. The topological polar surface area (TPSA) is 129 Å². The summed E-state index contributed by atoms with van der Waals surface area (Å²) in [7, 11) is -5.04. The number of aromatic carboxylic acids is 2. The van der Waals surface area contributed by atoms with Crippen LogP contribution in [0.25, 0.3) is 0 Å². The third-order valence-corrected chi connectivity index (χ3v) is 4.24. The van der Waals surface area contributed by atoms with Crippen molar-refractivity contribution in [3.63, 3.8) is 0 Å². The van der Waals surface area contributed by atoms with Gasteiger partial charge in [-0.25, -0.2) is 9.59 Å². The number of carboxylic acid groups (broad SMARTS) is 2. The van der Waals surface area contributed by atoms with Crippen LogP contribution in [0.3, 0.4) is 0 Å². The molecule has 7 nitrogen and oxygen atoms in total. The maximum absolute atomic E-state index is 11.1. The number of carboxylic acids is 2. The molecule has 0 atom stereocenters. The Bertz CT molecular complexity index is 665. The van der Waals surface area contributed by atoms with Gasteiger partial charge in [-0.05, 0) is 0 Å². The Kier molecular flexibility index (Phi) is 7.43. The van der Waals surface area contributed by atoms with E-state index in [0.717, 1.165) is 0 Å². The van der Waals surface area contributed by atoms with E-state index in [1.54, 1.807) is 0 Å². The summed E-state index contributed by atoms with van der Waals surface area (Å²) in [5.74, 6) is -3.56. The second-order valence-electron chi connectivity index (χ2n) is 3.11. The molecule has 0 bridgehead atoms. The van der Waals surface area contributed by atoms with Gasteiger partial charge in [-0.1, -0.05) is 34.8 Å². The number of hydrogen-bond donors (Lipinski definition) is 3. The molecule has 0 saturated carbocycles. The molecule has 0 aliphatic rings. The largest absolute Gasteiger partial charge is 1.00 e. The molecule has 0 aliphatic heterocycles. The van der Waals surface area contributed by atoms with E-state index in [1.165, 1.54) is 0 Å². The first-order chi connectivity index (χ1) is 8.50. The zero-order chi connectivity index (χ0) is 15.1. The smallest absolute Gasteiger partial charge is 1.00 e. The van der Waals surface area contributed by atoms with Gasteiger partial charge in [0.25, 0.3) is 10.1 Å². The van der Waals surface area contributed by atoms with Gasteiger partial charge in [0.15, 0.2) is 0 Å². The molecule has 20 heavy (non-hydrogen) atoms. The van der Waals surface area contributed by atoms with Crippen LogP contribution in [0.2, 0.25) is 15.1 Å². The Morgan fingerprint density at radius 3 is 1.40 bits per heavy atom. The molecule has 0 saturated heterocycles. The van der Waals surface area contributed by atoms with Gasteiger partial charge in [-0.3, -0.25) is 4.55 Å². The van der Waals surface area contributed by atoms with E-state index in [-0.39, 0.29) is 52.8 Å². The fraction of sp³-hybridized carbons (Fsp3) is 0. The van der Waals surface area contributed by atoms with Gasteiger partial charge < -0.3 is 11.6 Å². The molecule has 0 heterocycles. The normalized spacial score (nSPS) is 10.8. The van der Waals surface area contributed by atoms with Gasteiger partial charge in [0.05, 0.1) is 26.2 Å². The number of halogens is 3. The molecule has 0 aliphatic carbocycles. The predicted molar refractivity (Wildman–Crippen MR) is 66.3 cm³/mol. The Morgan fingerprint density at radius 1 is 0.900 bits per heavy atom. The molecule has 3 N–H and O–H groups in total. The van der Waals surface area contributed by atoms with Crippen LogP contribution in [0.5, 0.6) is 0 Å². The zero-order valence-corrected chi connectivity index (χ0v) is 15.7. The second-order valence-corrected chi connectivity index (χ2v) is 5.60. The van der Waals surface area contributed by atoms with E-state index < -0.39 is 53.1 Å². The van der Waals surface area contributed by atoms with Crippen molar-refractivity contribution in [3.05, 3.63) is 26.2 Å². The van der Waals surface area contributed by atoms with Crippen LogP contribution < -0.4 is 51.4 Å². The van der Waals surface area contributed by atoms with Crippen molar-refractivity contribution < 1.29 is 85.6 Å². The summed E-state index contributed by atoms with van der Waals surface area (Å²) in [4.78, 5) is 20.6. The quantitative estimate of drug-likeness (QED) is 0.465. The van der Waals surface area contributed by atoms with Crippen LogP contribution in [-0.4, -0.2) is 35.1 Å². The van der Waals surface area contributed by atoms with Crippen LogP contribution >= 0.6 is 34.8 Å². The summed E-state index contributed by atoms with van der Waals surface area (Å²) >= 11 is 16.5. The number of carbonyl (C=O) groups is 2. The summed E-state index contributed by atoms with van der Waals surface area (Å²) in [6.45, 7) is 0. The first kappa shape index (κ1) is 20.6. The molecular weight excluding hydrogens is 386 g/mol. The van der Waals surface area contributed by atoms with Gasteiger partial charge in [-0.15, -0.1) is 0 Å². The molecule has 0 amide bonds. The van der Waals surface area contributed by atoms with Gasteiger partial charge in [0, 0.05) is 0 Å². The molecule has 1 rings (SSSR count). The number of rotatable bonds is 3. The fourth-order valence-corrected chi connectivity index (χ4v) is 3.52. The summed E-state index contributed by atoms with van der Waals surface area (Å²) in [5.41, 5.74) is -1.98. The molecule has 12 heteroatoms. The summed E-state index contributed by atoms with van der Waals surface area (Å²) in [6.07, 6.45) is 0. The summed E-state index contributed by atoms with van der Waals surface area (Å²) < 4.78 is 31.1. The zero-order valence-electron chi connectivity index (χ0n) is 10.5. The number of hydrogen-bond acceptors (Lipinski definition) is 4. The molecule has 0 unspecified atom stereocenters. The van der Waals surface area contributed by atoms with Crippen molar-refractivity contribution in [1.29, 1.82) is 0 Å². The van der Waals surface area contributed by atoms with Crippen molar-refractivity contribution in [2.24, 2.45) is 0 Å². The van der Waals surface area contributed by atoms with Gasteiger partial charge >= 0.3 is 63.3 Å². The minimum Gasteiger partial charge on any atom is -1.00 e. The van der Waals surface area contributed by atoms with Crippen molar-refractivity contribution >= 4 is 56.9 Å². The maximum Gasteiger partial charge on any atom is 1.00 e. The molecule has 0 radical (unpaired) electrons. The molecule has 0 fully saturated rings. The predicted octanol–water partition coefficient (Wildman–Crippen LogP) is -0.594. The first-order valence-corrected chi connectivity index (χ1v) is 6.72. The average Bonchev–Trinajstić information content (AvgIpc) is 2.12. The Balaban J connectivity index is 0. The molecular formula is C8H4Cl3KO7S. The van der Waals surface area contributed by atoms with Crippen molar-refractivity contribution in [3.8, 4) is 0 Å². The van der Waals surface area contributed by atoms with E-state index in [9.17, 15) is 18.0 Å². The fourth-order valence-electron chi connectivity index (χ4n) is 1.24. The van der Waals surface area contributed by atoms with Crippen LogP contribution in [0.1, 0.15) is 22.1 Å². The van der Waals surface area contributed by atoms with Gasteiger partial charge in [0.2, 0.25) is 0 Å². The average molecular weight is 390 g/mol. The second kappa shape index (κ2) is 7.23. The maximum atomic E-state index is 11.1. The molecule has 1 aromatic carbocycles. The Morgan fingerprint density at radius 2 is 1.20 bits per heavy atom. The summed E-state index contributed by atoms with van der Waals surface area (Å²) in [5, 5.41) is 14.9. The third kappa shape index (κ3) is 3.86. The molecule has 106 valence electrons. The van der Waals surface area contributed by atoms with Gasteiger partial charge in [0.1, 0.15) is 4.90 Å². The minimum atomic E-state index is -5.04. The molecule has 0 aromatic heterocycles. The van der Waals surface area contributed by atoms with Crippen molar-refractivity contribution in [2.75, 3.05) is 0 Å². The minimum absolute atomic E-state index is 0. The monoisotopic (exact) mass is 388 g/mol. The number of benzene rings is 1. The first-order valence-electron chi connectivity index (χ1n) is 4.14. The standard InChI is InChI=1S/C8H3Cl3O7S.K.H/c9-3-1(7(12)13)4(10)6(19(16,17)18)5(11)2(3)8(14)15;;/h(H,12,13)(H,14,15)(H,16,17,18);;/q;+1;-1. The van der Waals surface area contributed by atoms with Crippen LogP contribution in [0.15, 0.2) is 4.90 Å².